The number of anilines is 2. The van der Waals surface area contributed by atoms with E-state index < -0.39 is 0 Å². The lowest BCUT2D eigenvalue weighted by Gasteiger charge is -2.13. The highest BCUT2D eigenvalue weighted by Crippen LogP contribution is 2.18. The zero-order valence-electron chi connectivity index (χ0n) is 11.7. The van der Waals surface area contributed by atoms with Crippen molar-refractivity contribution in [1.82, 2.24) is 15.0 Å². The van der Waals surface area contributed by atoms with E-state index in [4.69, 9.17) is 0 Å². The van der Waals surface area contributed by atoms with Gasteiger partial charge in [-0.15, -0.1) is 0 Å². The normalized spacial score (nSPS) is 10.4. The molecule has 5 nitrogen and oxygen atoms in total. The second-order valence-electron chi connectivity index (χ2n) is 4.26. The van der Waals surface area contributed by atoms with E-state index in [2.05, 4.69) is 34.1 Å². The van der Waals surface area contributed by atoms with Crippen LogP contribution < -0.4 is 10.2 Å². The molecule has 0 unspecified atom stereocenters. The van der Waals surface area contributed by atoms with Crippen LogP contribution in [0.5, 0.6) is 0 Å². The summed E-state index contributed by atoms with van der Waals surface area (Å²) < 4.78 is 0. The first-order valence-electron chi connectivity index (χ1n) is 6.47. The summed E-state index contributed by atoms with van der Waals surface area (Å²) in [4.78, 5) is 15.2. The highest BCUT2D eigenvalue weighted by Gasteiger charge is 2.07. The minimum atomic E-state index is 0.676. The van der Waals surface area contributed by atoms with Gasteiger partial charge in [-0.1, -0.05) is 32.0 Å². The van der Waals surface area contributed by atoms with Gasteiger partial charge in [-0.05, 0) is 12.8 Å². The molecule has 102 valence electrons. The number of aromatic nitrogens is 3. The maximum absolute atomic E-state index is 4.44. The number of hydrogen-bond donors (Lipinski definition) is 1. The third kappa shape index (κ3) is 5.08. The van der Waals surface area contributed by atoms with Gasteiger partial charge in [-0.3, -0.25) is 0 Å². The third-order valence-electron chi connectivity index (χ3n) is 2.27. The molecule has 1 aromatic heterocycles. The van der Waals surface area contributed by atoms with Crippen LogP contribution in [-0.4, -0.2) is 41.3 Å². The molecule has 0 amide bonds. The Balaban J connectivity index is 2.77. The van der Waals surface area contributed by atoms with Crippen molar-refractivity contribution < 1.29 is 0 Å². The molecule has 1 heterocycles. The Morgan fingerprint density at radius 1 is 1.11 bits per heavy atom. The first kappa shape index (κ1) is 15.0. The minimum absolute atomic E-state index is 0.676. The van der Waals surface area contributed by atoms with Crippen molar-refractivity contribution in [3.63, 3.8) is 0 Å². The lowest BCUT2D eigenvalue weighted by molar-refractivity contribution is 0.845. The van der Waals surface area contributed by atoms with Crippen molar-refractivity contribution >= 4 is 23.7 Å². The van der Waals surface area contributed by atoms with Crippen LogP contribution in [0.2, 0.25) is 0 Å². The zero-order valence-corrected chi connectivity index (χ0v) is 12.5. The quantitative estimate of drug-likeness (QED) is 0.578. The molecule has 1 aromatic rings. The summed E-state index contributed by atoms with van der Waals surface area (Å²) in [5, 5.41) is 4.02. The van der Waals surface area contributed by atoms with Crippen LogP contribution in [0.25, 0.3) is 0 Å². The van der Waals surface area contributed by atoms with Gasteiger partial charge in [0, 0.05) is 26.4 Å². The number of thioether (sulfide) groups is 1. The van der Waals surface area contributed by atoms with Gasteiger partial charge in [0.1, 0.15) is 0 Å². The monoisotopic (exact) mass is 269 g/mol. The maximum atomic E-state index is 4.44. The fourth-order valence-electron chi connectivity index (χ4n) is 1.23. The average molecular weight is 269 g/mol. The molecule has 0 bridgehead atoms. The topological polar surface area (TPSA) is 53.9 Å². The lowest BCUT2D eigenvalue weighted by atomic mass is 10.4. The van der Waals surface area contributed by atoms with Gasteiger partial charge in [0.2, 0.25) is 11.9 Å². The van der Waals surface area contributed by atoms with E-state index >= 15 is 0 Å². The molecule has 0 radical (unpaired) electrons. The number of unbranched alkanes of at least 4 members (excludes halogenated alkanes) is 1. The SMILES string of the molecule is CCCCSc1nc(NCCC)nc(N(C)C)n1. The van der Waals surface area contributed by atoms with Crippen molar-refractivity contribution in [3.8, 4) is 0 Å². The summed E-state index contributed by atoms with van der Waals surface area (Å²) >= 11 is 1.70. The molecular weight excluding hydrogens is 246 g/mol. The lowest BCUT2D eigenvalue weighted by Crippen LogP contribution is -2.16. The number of hydrogen-bond acceptors (Lipinski definition) is 6. The van der Waals surface area contributed by atoms with Crippen molar-refractivity contribution in [1.29, 1.82) is 0 Å². The Morgan fingerprint density at radius 3 is 2.50 bits per heavy atom. The fraction of sp³-hybridized carbons (Fsp3) is 0.750. The predicted octanol–water partition coefficient (Wildman–Crippen LogP) is 2.65. The van der Waals surface area contributed by atoms with E-state index in [1.807, 2.05) is 19.0 Å². The molecule has 6 heteroatoms. The molecule has 0 aromatic carbocycles. The first-order chi connectivity index (χ1) is 8.67. The molecule has 0 saturated carbocycles. The van der Waals surface area contributed by atoms with Gasteiger partial charge in [-0.2, -0.15) is 15.0 Å². The van der Waals surface area contributed by atoms with Crippen LogP contribution in [0.15, 0.2) is 5.16 Å². The molecule has 0 aliphatic heterocycles. The Bertz CT molecular complexity index is 356. The summed E-state index contributed by atoms with van der Waals surface area (Å²) in [5.74, 6) is 2.44. The van der Waals surface area contributed by atoms with E-state index in [1.54, 1.807) is 11.8 Å². The first-order valence-corrected chi connectivity index (χ1v) is 7.46. The zero-order chi connectivity index (χ0) is 13.4. The highest BCUT2D eigenvalue weighted by atomic mass is 32.2. The number of nitrogens with zero attached hydrogens (tertiary/aromatic N) is 4. The second-order valence-corrected chi connectivity index (χ2v) is 5.33. The molecule has 0 saturated heterocycles. The molecule has 0 spiro atoms. The van der Waals surface area contributed by atoms with Crippen molar-refractivity contribution in [2.75, 3.05) is 36.6 Å². The Morgan fingerprint density at radius 2 is 1.89 bits per heavy atom. The fourth-order valence-corrected chi connectivity index (χ4v) is 2.15. The molecule has 0 aliphatic carbocycles. The molecular formula is C12H23N5S. The van der Waals surface area contributed by atoms with Gasteiger partial charge in [0.25, 0.3) is 0 Å². The largest absolute Gasteiger partial charge is 0.354 e. The third-order valence-corrected chi connectivity index (χ3v) is 3.20. The standard InChI is InChI=1S/C12H23N5S/c1-5-7-9-18-12-15-10(13-8-6-2)14-11(16-12)17(3)4/h5-9H2,1-4H3,(H,13,14,15,16). The Kier molecular flexibility index (Phi) is 6.78. The van der Waals surface area contributed by atoms with Crippen molar-refractivity contribution in [2.45, 2.75) is 38.3 Å². The average Bonchev–Trinajstić information content (AvgIpc) is 2.36. The van der Waals surface area contributed by atoms with Crippen LogP contribution in [-0.2, 0) is 0 Å². The Hall–Kier alpha value is -1.04. The summed E-state index contributed by atoms with van der Waals surface area (Å²) in [7, 11) is 3.89. The molecule has 0 fully saturated rings. The predicted molar refractivity (Wildman–Crippen MR) is 78.6 cm³/mol. The van der Waals surface area contributed by atoms with Gasteiger partial charge in [0.05, 0.1) is 0 Å². The van der Waals surface area contributed by atoms with Crippen LogP contribution in [0.3, 0.4) is 0 Å². The molecule has 18 heavy (non-hydrogen) atoms. The van der Waals surface area contributed by atoms with Gasteiger partial charge >= 0.3 is 0 Å². The summed E-state index contributed by atoms with van der Waals surface area (Å²) in [6.07, 6.45) is 3.44. The van der Waals surface area contributed by atoms with Crippen LogP contribution in [0.4, 0.5) is 11.9 Å². The van der Waals surface area contributed by atoms with E-state index in [1.165, 1.54) is 12.8 Å². The molecule has 1 N–H and O–H groups in total. The van der Waals surface area contributed by atoms with Crippen LogP contribution in [0.1, 0.15) is 33.1 Å². The van der Waals surface area contributed by atoms with Gasteiger partial charge in [-0.25, -0.2) is 0 Å². The highest BCUT2D eigenvalue weighted by molar-refractivity contribution is 7.99. The smallest absolute Gasteiger partial charge is 0.230 e. The van der Waals surface area contributed by atoms with Crippen molar-refractivity contribution in [3.05, 3.63) is 0 Å². The van der Waals surface area contributed by atoms with E-state index in [0.29, 0.717) is 11.9 Å². The summed E-state index contributed by atoms with van der Waals surface area (Å²) in [6, 6.07) is 0. The molecule has 0 aliphatic rings. The van der Waals surface area contributed by atoms with Crippen LogP contribution >= 0.6 is 11.8 Å². The molecule has 0 atom stereocenters. The number of nitrogens with one attached hydrogen (secondary N) is 1. The van der Waals surface area contributed by atoms with Gasteiger partial charge in [0.15, 0.2) is 5.16 Å². The summed E-state index contributed by atoms with van der Waals surface area (Å²) in [5.41, 5.74) is 0. The van der Waals surface area contributed by atoms with Crippen molar-refractivity contribution in [2.24, 2.45) is 0 Å². The number of rotatable bonds is 8. The summed E-state index contributed by atoms with van der Waals surface area (Å²) in [6.45, 7) is 5.20. The second kappa shape index (κ2) is 8.13. The molecule has 1 rings (SSSR count). The maximum Gasteiger partial charge on any atom is 0.230 e. The van der Waals surface area contributed by atoms with Crippen LogP contribution in [0, 0.1) is 0 Å². The Labute approximate surface area is 114 Å². The van der Waals surface area contributed by atoms with E-state index in [0.717, 1.165) is 23.9 Å². The van der Waals surface area contributed by atoms with E-state index in [9.17, 15) is 0 Å². The van der Waals surface area contributed by atoms with Gasteiger partial charge < -0.3 is 10.2 Å². The minimum Gasteiger partial charge on any atom is -0.354 e. The van der Waals surface area contributed by atoms with E-state index in [-0.39, 0.29) is 0 Å².